The van der Waals surface area contributed by atoms with Crippen LogP contribution in [0.4, 0.5) is 26.3 Å². The first-order valence-corrected chi connectivity index (χ1v) is 13.3. The molecule has 1 N–H and O–H groups in total. The van der Waals surface area contributed by atoms with Crippen molar-refractivity contribution < 1.29 is 50.5 Å². The molecule has 0 bridgehead atoms. The van der Waals surface area contributed by atoms with Crippen LogP contribution < -0.4 is 0 Å². The molecule has 3 aliphatic carbocycles. The molecule has 0 aliphatic heterocycles. The lowest BCUT2D eigenvalue weighted by molar-refractivity contribution is -0.372. The molecular formula is C29H36F6O5. The minimum absolute atomic E-state index is 0.134. The lowest BCUT2D eigenvalue weighted by Gasteiger charge is -2.44. The van der Waals surface area contributed by atoms with E-state index in [0.29, 0.717) is 43.3 Å². The summed E-state index contributed by atoms with van der Waals surface area (Å²) in [4.78, 5) is 23.1. The van der Waals surface area contributed by atoms with E-state index in [1.165, 1.54) is 20.8 Å². The lowest BCUT2D eigenvalue weighted by atomic mass is 9.61. The summed E-state index contributed by atoms with van der Waals surface area (Å²) in [5.41, 5.74) is -2.67. The molecule has 3 rings (SSSR count). The molecule has 40 heavy (non-hydrogen) atoms. The molecule has 0 aromatic rings. The van der Waals surface area contributed by atoms with Crippen LogP contribution in [0.1, 0.15) is 72.6 Å². The normalized spacial score (nSPS) is 30.6. The highest BCUT2D eigenvalue weighted by molar-refractivity contribution is 5.67. The predicted octanol–water partition coefficient (Wildman–Crippen LogP) is 7.07. The fourth-order valence-electron chi connectivity index (χ4n) is 6.64. The Morgan fingerprint density at radius 2 is 1.73 bits per heavy atom. The first kappa shape index (κ1) is 32.0. The third-order valence-electron chi connectivity index (χ3n) is 8.55. The predicted molar refractivity (Wildman–Crippen MR) is 135 cm³/mol. The van der Waals surface area contributed by atoms with Gasteiger partial charge in [0.05, 0.1) is 0 Å². The zero-order valence-corrected chi connectivity index (χ0v) is 23.0. The zero-order chi connectivity index (χ0) is 30.3. The van der Waals surface area contributed by atoms with Gasteiger partial charge < -0.3 is 14.6 Å². The van der Waals surface area contributed by atoms with Crippen LogP contribution in [0.5, 0.6) is 0 Å². The van der Waals surface area contributed by atoms with Crippen LogP contribution in [0.3, 0.4) is 0 Å². The molecule has 0 heterocycles. The molecule has 0 saturated heterocycles. The number of rotatable bonds is 6. The molecule has 0 radical (unpaired) electrons. The molecule has 224 valence electrons. The van der Waals surface area contributed by atoms with Gasteiger partial charge in [0.2, 0.25) is 0 Å². The SMILES string of the molecule is C=C1/C(=C\C=C2/CCC[C@]3(C)C(C(C)CC(O)(C(F)(F)F)C(F)(F)F)=CCC23)CC(OC(C)=O)C[C@@H]1OC(C)=O. The molecule has 5 atom stereocenters. The molecule has 5 nitrogen and oxygen atoms in total. The zero-order valence-electron chi connectivity index (χ0n) is 23.0. The number of allylic oxidation sites excluding steroid dienone is 5. The number of hydrogen-bond donors (Lipinski definition) is 1. The third-order valence-corrected chi connectivity index (χ3v) is 8.55. The summed E-state index contributed by atoms with van der Waals surface area (Å²) in [7, 11) is 0. The van der Waals surface area contributed by atoms with Crippen LogP contribution in [0.15, 0.2) is 47.1 Å². The Morgan fingerprint density at radius 3 is 2.27 bits per heavy atom. The highest BCUT2D eigenvalue weighted by Gasteiger charge is 2.70. The van der Waals surface area contributed by atoms with Crippen molar-refractivity contribution in [3.05, 3.63) is 47.1 Å². The van der Waals surface area contributed by atoms with Gasteiger partial charge in [0.1, 0.15) is 12.2 Å². The average molecular weight is 579 g/mol. The van der Waals surface area contributed by atoms with Crippen LogP contribution in [-0.2, 0) is 19.1 Å². The van der Waals surface area contributed by atoms with E-state index in [4.69, 9.17) is 9.47 Å². The van der Waals surface area contributed by atoms with E-state index in [9.17, 15) is 41.0 Å². The number of ether oxygens (including phenoxy) is 2. The monoisotopic (exact) mass is 578 g/mol. The molecule has 0 aromatic heterocycles. The van der Waals surface area contributed by atoms with Crippen molar-refractivity contribution in [2.45, 2.75) is 103 Å². The topological polar surface area (TPSA) is 72.8 Å². The van der Waals surface area contributed by atoms with E-state index >= 15 is 0 Å². The van der Waals surface area contributed by atoms with E-state index in [1.54, 1.807) is 6.08 Å². The Balaban J connectivity index is 1.86. The van der Waals surface area contributed by atoms with Crippen LogP contribution in [-0.4, -0.2) is 47.2 Å². The Labute approximate surface area is 230 Å². The van der Waals surface area contributed by atoms with Gasteiger partial charge in [-0.05, 0) is 54.1 Å². The summed E-state index contributed by atoms with van der Waals surface area (Å²) < 4.78 is 91.0. The molecule has 2 saturated carbocycles. The van der Waals surface area contributed by atoms with Crippen molar-refractivity contribution in [1.29, 1.82) is 0 Å². The molecule has 11 heteroatoms. The summed E-state index contributed by atoms with van der Waals surface area (Å²) in [6.45, 7) is 9.79. The summed E-state index contributed by atoms with van der Waals surface area (Å²) in [5.74, 6) is -2.27. The van der Waals surface area contributed by atoms with Crippen LogP contribution in [0, 0.1) is 17.3 Å². The summed E-state index contributed by atoms with van der Waals surface area (Å²) in [5, 5.41) is 9.79. The minimum Gasteiger partial charge on any atom is -0.462 e. The highest BCUT2D eigenvalue weighted by Crippen LogP contribution is 2.58. The fraction of sp³-hybridized carbons (Fsp3) is 0.655. The second-order valence-electron chi connectivity index (χ2n) is 11.4. The number of carbonyl (C=O) groups excluding carboxylic acids is 2. The van der Waals surface area contributed by atoms with Gasteiger partial charge in [-0.1, -0.05) is 49.8 Å². The Bertz CT molecular complexity index is 1100. The van der Waals surface area contributed by atoms with Crippen molar-refractivity contribution in [2.75, 3.05) is 0 Å². The second-order valence-corrected chi connectivity index (χ2v) is 11.4. The van der Waals surface area contributed by atoms with Gasteiger partial charge in [0.25, 0.3) is 5.60 Å². The smallest absolute Gasteiger partial charge is 0.426 e. The summed E-state index contributed by atoms with van der Waals surface area (Å²) >= 11 is 0. The maximum absolute atomic E-state index is 13.4. The Kier molecular flexibility index (Phi) is 9.09. The number of esters is 2. The van der Waals surface area contributed by atoms with Crippen molar-refractivity contribution in [3.8, 4) is 0 Å². The lowest BCUT2D eigenvalue weighted by Crippen LogP contribution is -2.57. The van der Waals surface area contributed by atoms with Crippen molar-refractivity contribution in [1.82, 2.24) is 0 Å². The van der Waals surface area contributed by atoms with Crippen molar-refractivity contribution >= 4 is 11.9 Å². The quantitative estimate of drug-likeness (QED) is 0.207. The minimum atomic E-state index is -5.86. The number of carbonyl (C=O) groups is 2. The largest absolute Gasteiger partial charge is 0.462 e. The number of halogens is 6. The summed E-state index contributed by atoms with van der Waals surface area (Å²) in [6, 6.07) is 0. The molecule has 0 aromatic carbocycles. The van der Waals surface area contributed by atoms with Gasteiger partial charge in [-0.2, -0.15) is 26.3 Å². The fourth-order valence-corrected chi connectivity index (χ4v) is 6.64. The van der Waals surface area contributed by atoms with E-state index in [-0.39, 0.29) is 12.3 Å². The number of hydrogen-bond acceptors (Lipinski definition) is 5. The first-order chi connectivity index (χ1) is 18.3. The van der Waals surface area contributed by atoms with Crippen molar-refractivity contribution in [2.24, 2.45) is 17.3 Å². The van der Waals surface area contributed by atoms with Gasteiger partial charge >= 0.3 is 24.3 Å². The molecule has 0 spiro atoms. The number of alkyl halides is 6. The van der Waals surface area contributed by atoms with Gasteiger partial charge in [-0.3, -0.25) is 9.59 Å². The number of fused-ring (bicyclic) bond motifs is 1. The standard InChI is InChI=1S/C29H36F6O5/c1-16(15-27(38,28(30,31)32)29(33,34)35)23-10-11-24-20(7-6-12-26(23,24)5)8-9-21-13-22(39-18(3)36)14-25(17(21)2)40-19(4)37/h8-10,16,22,24-25,38H,2,6-7,11-15H2,1,3-5H3/b20-8+,21-9-/t16?,22?,24?,25-,26+/m0/s1. The third kappa shape index (κ3) is 6.34. The van der Waals surface area contributed by atoms with Crippen LogP contribution in [0.25, 0.3) is 0 Å². The molecule has 2 fully saturated rings. The summed E-state index contributed by atoms with van der Waals surface area (Å²) in [6.07, 6.45) is -5.92. The van der Waals surface area contributed by atoms with E-state index in [2.05, 4.69) is 6.58 Å². The average Bonchev–Trinajstić information content (AvgIpc) is 3.15. The Hall–Kier alpha value is -2.56. The van der Waals surface area contributed by atoms with Gasteiger partial charge in [0, 0.05) is 33.1 Å². The van der Waals surface area contributed by atoms with Crippen molar-refractivity contribution in [3.63, 3.8) is 0 Å². The van der Waals surface area contributed by atoms with E-state index in [0.717, 1.165) is 11.1 Å². The first-order valence-electron chi connectivity index (χ1n) is 13.3. The van der Waals surface area contributed by atoms with Gasteiger partial charge in [-0.15, -0.1) is 0 Å². The van der Waals surface area contributed by atoms with Gasteiger partial charge in [-0.25, -0.2) is 0 Å². The molecule has 3 aliphatic rings. The van der Waals surface area contributed by atoms with E-state index in [1.807, 2.05) is 19.1 Å². The molecule has 3 unspecified atom stereocenters. The van der Waals surface area contributed by atoms with Crippen LogP contribution in [0.2, 0.25) is 0 Å². The maximum atomic E-state index is 13.4. The second kappa shape index (κ2) is 11.4. The Morgan fingerprint density at radius 1 is 1.12 bits per heavy atom. The molecular weight excluding hydrogens is 542 g/mol. The van der Waals surface area contributed by atoms with Crippen LogP contribution >= 0.6 is 0 Å². The van der Waals surface area contributed by atoms with E-state index < -0.39 is 59.9 Å². The number of aliphatic hydroxyl groups is 1. The maximum Gasteiger partial charge on any atom is 0.426 e. The van der Waals surface area contributed by atoms with Gasteiger partial charge in [0.15, 0.2) is 0 Å². The highest BCUT2D eigenvalue weighted by atomic mass is 19.4. The molecule has 0 amide bonds.